The molecule has 2 N–H and O–H groups in total. The first-order chi connectivity index (χ1) is 9.63. The van der Waals surface area contributed by atoms with Gasteiger partial charge in [-0.2, -0.15) is 0 Å². The molecule has 0 saturated heterocycles. The van der Waals surface area contributed by atoms with E-state index in [0.29, 0.717) is 24.0 Å². The van der Waals surface area contributed by atoms with Gasteiger partial charge in [-0.1, -0.05) is 13.8 Å². The molecule has 0 aliphatic rings. The average molecular weight is 333 g/mol. The largest absolute Gasteiger partial charge is 0.383 e. The number of hydrogen-bond acceptors (Lipinski definition) is 4. The van der Waals surface area contributed by atoms with E-state index in [1.807, 2.05) is 24.3 Å². The molecule has 21 heavy (non-hydrogen) atoms. The van der Waals surface area contributed by atoms with E-state index in [4.69, 9.17) is 4.74 Å². The number of carbonyl (C=O) groups is 1. The van der Waals surface area contributed by atoms with Crippen LogP contribution in [0.5, 0.6) is 0 Å². The Morgan fingerprint density at radius 1 is 1.19 bits per heavy atom. The molecule has 0 fully saturated rings. The van der Waals surface area contributed by atoms with Gasteiger partial charge in [0.1, 0.15) is 0 Å². The van der Waals surface area contributed by atoms with Crippen LogP contribution in [0.25, 0.3) is 0 Å². The maximum absolute atomic E-state index is 11.9. The molecule has 0 aliphatic carbocycles. The highest BCUT2D eigenvalue weighted by atomic mass is 35.5. The van der Waals surface area contributed by atoms with Gasteiger partial charge in [0.15, 0.2) is 0 Å². The zero-order valence-electron chi connectivity index (χ0n) is 12.8. The number of thioether (sulfide) groups is 1. The number of carbonyl (C=O) groups excluding carboxylic acids is 1. The molecule has 120 valence electrons. The van der Waals surface area contributed by atoms with Crippen molar-refractivity contribution in [2.24, 2.45) is 0 Å². The van der Waals surface area contributed by atoms with Crippen molar-refractivity contribution in [3.8, 4) is 0 Å². The molecule has 1 rings (SSSR count). The van der Waals surface area contributed by atoms with Crippen LogP contribution in [0.4, 0.5) is 0 Å². The lowest BCUT2D eigenvalue weighted by atomic mass is 10.2. The Balaban J connectivity index is 0.00000400. The van der Waals surface area contributed by atoms with Crippen LogP contribution in [-0.4, -0.2) is 44.5 Å². The number of rotatable bonds is 9. The van der Waals surface area contributed by atoms with E-state index in [1.165, 1.54) is 4.90 Å². The molecule has 1 aromatic carbocycles. The van der Waals surface area contributed by atoms with E-state index in [1.54, 1.807) is 18.9 Å². The second kappa shape index (κ2) is 11.9. The van der Waals surface area contributed by atoms with Crippen molar-refractivity contribution >= 4 is 30.1 Å². The van der Waals surface area contributed by atoms with Crippen molar-refractivity contribution in [3.63, 3.8) is 0 Å². The molecular formula is C15H25ClN2O2S. The van der Waals surface area contributed by atoms with Crippen molar-refractivity contribution in [2.45, 2.75) is 24.0 Å². The molecule has 0 aromatic heterocycles. The number of halogens is 1. The Bertz CT molecular complexity index is 399. The summed E-state index contributed by atoms with van der Waals surface area (Å²) in [5.41, 5.74) is 0.704. The topological polar surface area (TPSA) is 50.4 Å². The van der Waals surface area contributed by atoms with Crippen molar-refractivity contribution in [3.05, 3.63) is 29.8 Å². The summed E-state index contributed by atoms with van der Waals surface area (Å²) < 4.78 is 4.93. The summed E-state index contributed by atoms with van der Waals surface area (Å²) in [6.07, 6.45) is 0. The molecule has 0 aliphatic heterocycles. The molecule has 6 heteroatoms. The molecule has 0 unspecified atom stereocenters. The van der Waals surface area contributed by atoms with Gasteiger partial charge in [-0.15, -0.1) is 24.2 Å². The second-order valence-electron chi connectivity index (χ2n) is 4.69. The van der Waals surface area contributed by atoms with Crippen LogP contribution in [0.3, 0.4) is 0 Å². The minimum absolute atomic E-state index is 0. The fourth-order valence-corrected chi connectivity index (χ4v) is 2.46. The van der Waals surface area contributed by atoms with Gasteiger partial charge in [0.2, 0.25) is 0 Å². The Labute approximate surface area is 137 Å². The number of ether oxygens (including phenoxy) is 1. The quantitative estimate of drug-likeness (QED) is 0.539. The minimum atomic E-state index is -0.0281. The van der Waals surface area contributed by atoms with Gasteiger partial charge in [0.25, 0.3) is 5.91 Å². The van der Waals surface area contributed by atoms with Gasteiger partial charge < -0.3 is 15.4 Å². The third-order valence-corrected chi connectivity index (χ3v) is 3.57. The van der Waals surface area contributed by atoms with Crippen LogP contribution in [0.15, 0.2) is 29.2 Å². The predicted octanol–water partition coefficient (Wildman–Crippen LogP) is 2.57. The SMILES string of the molecule is COCCNCCNC(=O)c1ccc(SC(C)C)cc1.Cl. The summed E-state index contributed by atoms with van der Waals surface area (Å²) in [5.74, 6) is -0.0281. The Hall–Kier alpha value is -0.750. The maximum Gasteiger partial charge on any atom is 0.251 e. The normalized spacial score (nSPS) is 10.3. The smallest absolute Gasteiger partial charge is 0.251 e. The highest BCUT2D eigenvalue weighted by Gasteiger charge is 2.05. The highest BCUT2D eigenvalue weighted by molar-refractivity contribution is 7.99. The van der Waals surface area contributed by atoms with E-state index >= 15 is 0 Å². The lowest BCUT2D eigenvalue weighted by Gasteiger charge is -2.08. The molecule has 0 saturated carbocycles. The first-order valence-electron chi connectivity index (χ1n) is 6.88. The summed E-state index contributed by atoms with van der Waals surface area (Å²) in [6.45, 7) is 7.15. The van der Waals surface area contributed by atoms with Gasteiger partial charge in [-0.05, 0) is 24.3 Å². The lowest BCUT2D eigenvalue weighted by molar-refractivity contribution is 0.0953. The fraction of sp³-hybridized carbons (Fsp3) is 0.533. The van der Waals surface area contributed by atoms with E-state index in [9.17, 15) is 4.79 Å². The summed E-state index contributed by atoms with van der Waals surface area (Å²) in [6, 6.07) is 7.74. The molecular weight excluding hydrogens is 308 g/mol. The third kappa shape index (κ3) is 8.98. The number of benzene rings is 1. The first-order valence-corrected chi connectivity index (χ1v) is 7.76. The maximum atomic E-state index is 11.9. The molecule has 1 aromatic rings. The summed E-state index contributed by atoms with van der Waals surface area (Å²) in [4.78, 5) is 13.1. The van der Waals surface area contributed by atoms with Gasteiger partial charge >= 0.3 is 0 Å². The highest BCUT2D eigenvalue weighted by Crippen LogP contribution is 2.22. The first kappa shape index (κ1) is 20.2. The van der Waals surface area contributed by atoms with Crippen molar-refractivity contribution < 1.29 is 9.53 Å². The Kier molecular flexibility index (Phi) is 11.4. The van der Waals surface area contributed by atoms with Crippen molar-refractivity contribution in [2.75, 3.05) is 33.4 Å². The monoisotopic (exact) mass is 332 g/mol. The molecule has 0 heterocycles. The predicted molar refractivity (Wildman–Crippen MR) is 91.8 cm³/mol. The van der Waals surface area contributed by atoms with Gasteiger partial charge in [0.05, 0.1) is 6.61 Å². The van der Waals surface area contributed by atoms with Gasteiger partial charge in [-0.3, -0.25) is 4.79 Å². The Morgan fingerprint density at radius 2 is 1.86 bits per heavy atom. The van der Waals surface area contributed by atoms with E-state index in [-0.39, 0.29) is 18.3 Å². The van der Waals surface area contributed by atoms with Crippen molar-refractivity contribution in [1.82, 2.24) is 10.6 Å². The van der Waals surface area contributed by atoms with Crippen LogP contribution in [0, 0.1) is 0 Å². The van der Waals surface area contributed by atoms with E-state index < -0.39 is 0 Å². The molecule has 4 nitrogen and oxygen atoms in total. The molecule has 1 amide bonds. The number of nitrogens with one attached hydrogen (secondary N) is 2. The van der Waals surface area contributed by atoms with E-state index in [2.05, 4.69) is 24.5 Å². The van der Waals surface area contributed by atoms with Gasteiger partial charge in [-0.25, -0.2) is 0 Å². The molecule has 0 radical (unpaired) electrons. The average Bonchev–Trinajstić information content (AvgIpc) is 2.42. The lowest BCUT2D eigenvalue weighted by Crippen LogP contribution is -2.33. The van der Waals surface area contributed by atoms with Crippen molar-refractivity contribution in [1.29, 1.82) is 0 Å². The summed E-state index contributed by atoms with van der Waals surface area (Å²) in [5, 5.41) is 6.62. The summed E-state index contributed by atoms with van der Waals surface area (Å²) in [7, 11) is 1.67. The van der Waals surface area contributed by atoms with E-state index in [0.717, 1.165) is 13.1 Å². The zero-order valence-corrected chi connectivity index (χ0v) is 14.5. The minimum Gasteiger partial charge on any atom is -0.383 e. The van der Waals surface area contributed by atoms with Gasteiger partial charge in [0, 0.05) is 42.5 Å². The number of hydrogen-bond donors (Lipinski definition) is 2. The Morgan fingerprint density at radius 3 is 2.43 bits per heavy atom. The molecule has 0 bridgehead atoms. The number of amides is 1. The van der Waals surface area contributed by atoms with Crippen LogP contribution >= 0.6 is 24.2 Å². The third-order valence-electron chi connectivity index (χ3n) is 2.56. The van der Waals surface area contributed by atoms with Crippen LogP contribution in [0.1, 0.15) is 24.2 Å². The van der Waals surface area contributed by atoms with Crippen LogP contribution < -0.4 is 10.6 Å². The zero-order chi connectivity index (χ0) is 14.8. The van der Waals surface area contributed by atoms with Crippen LogP contribution in [-0.2, 0) is 4.74 Å². The fourth-order valence-electron chi connectivity index (χ4n) is 1.62. The second-order valence-corrected chi connectivity index (χ2v) is 6.34. The standard InChI is InChI=1S/C15H24N2O2S.ClH/c1-12(2)20-14-6-4-13(5-7-14)15(18)17-9-8-16-10-11-19-3;/h4-7,12,16H,8-11H2,1-3H3,(H,17,18);1H. The van der Waals surface area contributed by atoms with Crippen LogP contribution in [0.2, 0.25) is 0 Å². The molecule has 0 spiro atoms. The number of methoxy groups -OCH3 is 1. The summed E-state index contributed by atoms with van der Waals surface area (Å²) >= 11 is 1.79. The molecule has 0 atom stereocenters.